The fourth-order valence-corrected chi connectivity index (χ4v) is 3.10. The first kappa shape index (κ1) is 15.3. The molecule has 1 fully saturated rings. The van der Waals surface area contributed by atoms with Crippen LogP contribution in [0, 0.1) is 13.8 Å². The minimum atomic E-state index is 0.0467. The van der Waals surface area contributed by atoms with Gasteiger partial charge in [0.2, 0.25) is 5.91 Å². The number of amides is 1. The number of hydrogen-bond acceptors (Lipinski definition) is 2. The van der Waals surface area contributed by atoms with E-state index in [2.05, 4.69) is 43.9 Å². The molecule has 110 valence electrons. The molecule has 4 heteroatoms. The average molecular weight is 295 g/mol. The average Bonchev–Trinajstić information content (AvgIpc) is 2.46. The van der Waals surface area contributed by atoms with Gasteiger partial charge in [0.1, 0.15) is 5.88 Å². The van der Waals surface area contributed by atoms with E-state index in [9.17, 15) is 4.79 Å². The molecule has 1 aliphatic heterocycles. The second kappa shape index (κ2) is 6.59. The highest BCUT2D eigenvalue weighted by molar-refractivity contribution is 6.27. The van der Waals surface area contributed by atoms with Gasteiger partial charge < -0.3 is 4.90 Å². The Morgan fingerprint density at radius 1 is 1.25 bits per heavy atom. The largest absolute Gasteiger partial charge is 0.339 e. The summed E-state index contributed by atoms with van der Waals surface area (Å²) in [7, 11) is 0. The first-order chi connectivity index (χ1) is 9.52. The van der Waals surface area contributed by atoms with Crippen molar-refractivity contribution in [1.82, 2.24) is 9.80 Å². The summed E-state index contributed by atoms with van der Waals surface area (Å²) in [6.07, 6.45) is 0. The zero-order valence-corrected chi connectivity index (χ0v) is 13.3. The number of benzene rings is 1. The molecule has 2 rings (SSSR count). The molecule has 1 saturated heterocycles. The molecule has 0 aromatic heterocycles. The van der Waals surface area contributed by atoms with Crippen LogP contribution in [0.4, 0.5) is 0 Å². The zero-order chi connectivity index (χ0) is 14.7. The van der Waals surface area contributed by atoms with E-state index in [1.165, 1.54) is 16.7 Å². The van der Waals surface area contributed by atoms with Gasteiger partial charge in [-0.05, 0) is 31.9 Å². The summed E-state index contributed by atoms with van der Waals surface area (Å²) in [4.78, 5) is 15.9. The highest BCUT2D eigenvalue weighted by atomic mass is 35.5. The first-order valence-corrected chi connectivity index (χ1v) is 7.71. The van der Waals surface area contributed by atoms with Crippen molar-refractivity contribution in [2.45, 2.75) is 26.8 Å². The first-order valence-electron chi connectivity index (χ1n) is 7.18. The molecular weight excluding hydrogens is 272 g/mol. The van der Waals surface area contributed by atoms with Crippen molar-refractivity contribution in [3.8, 4) is 0 Å². The topological polar surface area (TPSA) is 23.6 Å². The van der Waals surface area contributed by atoms with Crippen LogP contribution in [-0.4, -0.2) is 47.8 Å². The Kier molecular flexibility index (Phi) is 5.06. The van der Waals surface area contributed by atoms with Gasteiger partial charge in [0.05, 0.1) is 0 Å². The van der Waals surface area contributed by atoms with Crippen molar-refractivity contribution in [2.24, 2.45) is 0 Å². The molecule has 0 spiro atoms. The molecule has 20 heavy (non-hydrogen) atoms. The van der Waals surface area contributed by atoms with Gasteiger partial charge in [-0.25, -0.2) is 0 Å². The summed E-state index contributed by atoms with van der Waals surface area (Å²) in [5.41, 5.74) is 4.03. The minimum Gasteiger partial charge on any atom is -0.339 e. The van der Waals surface area contributed by atoms with E-state index in [-0.39, 0.29) is 11.8 Å². The Morgan fingerprint density at radius 2 is 1.90 bits per heavy atom. The fourth-order valence-electron chi connectivity index (χ4n) is 2.93. The lowest BCUT2D eigenvalue weighted by Gasteiger charge is -2.38. The van der Waals surface area contributed by atoms with Crippen LogP contribution in [0.2, 0.25) is 0 Å². The maximum Gasteiger partial charge on any atom is 0.237 e. The molecule has 1 aromatic rings. The number of nitrogens with zero attached hydrogens (tertiary/aromatic N) is 2. The SMILES string of the molecule is Cc1ccc([C@H](C)N2CCN(C(=O)CCl)CC2)c(C)c1. The van der Waals surface area contributed by atoms with Gasteiger partial charge in [-0.15, -0.1) is 11.6 Å². The molecular formula is C16H23ClN2O. The third-order valence-corrected chi connectivity index (χ3v) is 4.43. The van der Waals surface area contributed by atoms with E-state index < -0.39 is 0 Å². The van der Waals surface area contributed by atoms with Crippen molar-refractivity contribution in [3.05, 3.63) is 34.9 Å². The third kappa shape index (κ3) is 3.33. The number of carbonyl (C=O) groups excluding carboxylic acids is 1. The standard InChI is InChI=1S/C16H23ClN2O/c1-12-4-5-15(13(2)10-12)14(3)18-6-8-19(9-7-18)16(20)11-17/h4-5,10,14H,6-9,11H2,1-3H3/t14-/m0/s1. The minimum absolute atomic E-state index is 0.0467. The highest BCUT2D eigenvalue weighted by Crippen LogP contribution is 2.25. The van der Waals surface area contributed by atoms with Gasteiger partial charge in [0.15, 0.2) is 0 Å². The van der Waals surface area contributed by atoms with Gasteiger partial charge in [0, 0.05) is 32.2 Å². The Hall–Kier alpha value is -1.06. The lowest BCUT2D eigenvalue weighted by molar-refractivity contribution is -0.130. The quantitative estimate of drug-likeness (QED) is 0.800. The zero-order valence-electron chi connectivity index (χ0n) is 12.5. The number of aryl methyl sites for hydroxylation is 2. The van der Waals surface area contributed by atoms with E-state index in [0.29, 0.717) is 6.04 Å². The Balaban J connectivity index is 2.01. The predicted molar refractivity (Wildman–Crippen MR) is 83.2 cm³/mol. The lowest BCUT2D eigenvalue weighted by Crippen LogP contribution is -2.49. The van der Waals surface area contributed by atoms with Crippen LogP contribution in [0.15, 0.2) is 18.2 Å². The molecule has 1 amide bonds. The van der Waals surface area contributed by atoms with E-state index in [4.69, 9.17) is 11.6 Å². The third-order valence-electron chi connectivity index (χ3n) is 4.20. The molecule has 0 unspecified atom stereocenters. The number of halogens is 1. The number of alkyl halides is 1. The van der Waals surface area contributed by atoms with E-state index >= 15 is 0 Å². The molecule has 1 atom stereocenters. The number of rotatable bonds is 3. The molecule has 1 aliphatic rings. The van der Waals surface area contributed by atoms with E-state index in [1.54, 1.807) is 0 Å². The van der Waals surface area contributed by atoms with Gasteiger partial charge in [-0.3, -0.25) is 9.69 Å². The van der Waals surface area contributed by atoms with Crippen molar-refractivity contribution >= 4 is 17.5 Å². The number of hydrogen-bond donors (Lipinski definition) is 0. The van der Waals surface area contributed by atoms with E-state index in [1.807, 2.05) is 4.90 Å². The molecule has 0 radical (unpaired) electrons. The smallest absolute Gasteiger partial charge is 0.237 e. The summed E-state index contributed by atoms with van der Waals surface area (Å²) in [5.74, 6) is 0.137. The molecule has 1 heterocycles. The summed E-state index contributed by atoms with van der Waals surface area (Å²) >= 11 is 5.61. The Morgan fingerprint density at radius 3 is 2.45 bits per heavy atom. The Bertz CT molecular complexity index is 481. The van der Waals surface area contributed by atoms with Crippen LogP contribution in [0.1, 0.15) is 29.7 Å². The van der Waals surface area contributed by atoms with Crippen LogP contribution in [0.3, 0.4) is 0 Å². The molecule has 1 aromatic carbocycles. The summed E-state index contributed by atoms with van der Waals surface area (Å²) in [6, 6.07) is 7.03. The Labute approximate surface area is 126 Å². The predicted octanol–water partition coefficient (Wildman–Crippen LogP) is 2.75. The van der Waals surface area contributed by atoms with Crippen molar-refractivity contribution < 1.29 is 4.79 Å². The number of piperazine rings is 1. The van der Waals surface area contributed by atoms with Crippen molar-refractivity contribution in [2.75, 3.05) is 32.1 Å². The van der Waals surface area contributed by atoms with Gasteiger partial charge in [-0.2, -0.15) is 0 Å². The van der Waals surface area contributed by atoms with Crippen LogP contribution >= 0.6 is 11.6 Å². The molecule has 0 aliphatic carbocycles. The second-order valence-electron chi connectivity index (χ2n) is 5.59. The normalized spacial score (nSPS) is 18.1. The summed E-state index contributed by atoms with van der Waals surface area (Å²) in [5, 5.41) is 0. The maximum atomic E-state index is 11.6. The molecule has 3 nitrogen and oxygen atoms in total. The monoisotopic (exact) mass is 294 g/mol. The molecule has 0 N–H and O–H groups in total. The van der Waals surface area contributed by atoms with Crippen LogP contribution in [-0.2, 0) is 4.79 Å². The fraction of sp³-hybridized carbons (Fsp3) is 0.562. The molecule has 0 saturated carbocycles. The van der Waals surface area contributed by atoms with Crippen LogP contribution in [0.5, 0.6) is 0 Å². The molecule has 0 bridgehead atoms. The summed E-state index contributed by atoms with van der Waals surface area (Å²) < 4.78 is 0. The van der Waals surface area contributed by atoms with Gasteiger partial charge in [-0.1, -0.05) is 23.8 Å². The maximum absolute atomic E-state index is 11.6. The highest BCUT2D eigenvalue weighted by Gasteiger charge is 2.24. The lowest BCUT2D eigenvalue weighted by atomic mass is 9.99. The van der Waals surface area contributed by atoms with Gasteiger partial charge >= 0.3 is 0 Å². The number of carbonyl (C=O) groups is 1. The second-order valence-corrected chi connectivity index (χ2v) is 5.85. The van der Waals surface area contributed by atoms with Crippen LogP contribution < -0.4 is 0 Å². The van der Waals surface area contributed by atoms with Crippen molar-refractivity contribution in [3.63, 3.8) is 0 Å². The van der Waals surface area contributed by atoms with E-state index in [0.717, 1.165) is 26.2 Å². The summed E-state index contributed by atoms with van der Waals surface area (Å²) in [6.45, 7) is 9.93. The van der Waals surface area contributed by atoms with Crippen LogP contribution in [0.25, 0.3) is 0 Å². The van der Waals surface area contributed by atoms with Crippen molar-refractivity contribution in [1.29, 1.82) is 0 Å². The van der Waals surface area contributed by atoms with Gasteiger partial charge in [0.25, 0.3) is 0 Å².